The number of benzene rings is 1. The van der Waals surface area contributed by atoms with Crippen LogP contribution in [0.5, 0.6) is 5.75 Å². The van der Waals surface area contributed by atoms with Crippen LogP contribution in [-0.2, 0) is 19.5 Å². The Bertz CT molecular complexity index is 963. The van der Waals surface area contributed by atoms with E-state index in [0.29, 0.717) is 18.8 Å². The van der Waals surface area contributed by atoms with Gasteiger partial charge in [-0.25, -0.2) is 9.48 Å². The molecule has 3 heterocycles. The van der Waals surface area contributed by atoms with Gasteiger partial charge in [0, 0.05) is 58.8 Å². The van der Waals surface area contributed by atoms with E-state index in [-0.39, 0.29) is 29.7 Å². The molecular weight excluding hydrogens is 521 g/mol. The number of phenols is 1. The minimum Gasteiger partial charge on any atom is -0.506 e. The number of guanidine groups is 1. The number of para-hydroxylation sites is 2. The number of nitrogens with zero attached hydrogens (tertiary/aromatic N) is 6. The molecule has 9 nitrogen and oxygen atoms in total. The maximum Gasteiger partial charge on any atom is 0.345 e. The van der Waals surface area contributed by atoms with Gasteiger partial charge in [-0.2, -0.15) is 5.10 Å². The number of hydrogen-bond acceptors (Lipinski definition) is 5. The SMILES string of the molecule is CCNC(=NCCCn1nc2n(c1=O)CCCC2)N1CCN(c2ccccc2O)CC1.I. The van der Waals surface area contributed by atoms with Gasteiger partial charge in [0.15, 0.2) is 5.96 Å². The van der Waals surface area contributed by atoms with Crippen LogP contribution in [0.3, 0.4) is 0 Å². The zero-order valence-corrected chi connectivity index (χ0v) is 21.1. The van der Waals surface area contributed by atoms with E-state index in [4.69, 9.17) is 4.99 Å². The second-order valence-corrected chi connectivity index (χ2v) is 8.08. The fraction of sp³-hybridized carbons (Fsp3) is 0.591. The first-order chi connectivity index (χ1) is 15.2. The molecule has 2 aromatic rings. The Kier molecular flexibility index (Phi) is 8.83. The minimum absolute atomic E-state index is 0. The van der Waals surface area contributed by atoms with Crippen molar-refractivity contribution in [2.24, 2.45) is 4.99 Å². The fourth-order valence-corrected chi connectivity index (χ4v) is 4.32. The lowest BCUT2D eigenvalue weighted by molar-refractivity contribution is 0.369. The number of aromatic hydroxyl groups is 1. The summed E-state index contributed by atoms with van der Waals surface area (Å²) in [5, 5.41) is 18.0. The van der Waals surface area contributed by atoms with E-state index in [0.717, 1.165) is 82.4 Å². The van der Waals surface area contributed by atoms with Crippen molar-refractivity contribution in [3.63, 3.8) is 0 Å². The number of anilines is 1. The van der Waals surface area contributed by atoms with Crippen molar-refractivity contribution in [3.05, 3.63) is 40.6 Å². The number of rotatable bonds is 6. The first-order valence-electron chi connectivity index (χ1n) is 11.4. The lowest BCUT2D eigenvalue weighted by Crippen LogP contribution is -2.52. The molecule has 1 aromatic carbocycles. The number of piperazine rings is 1. The summed E-state index contributed by atoms with van der Waals surface area (Å²) in [6.45, 7) is 8.27. The van der Waals surface area contributed by atoms with Crippen molar-refractivity contribution in [2.75, 3.05) is 44.2 Å². The van der Waals surface area contributed by atoms with Crippen LogP contribution < -0.4 is 15.9 Å². The van der Waals surface area contributed by atoms with E-state index in [1.54, 1.807) is 10.7 Å². The second kappa shape index (κ2) is 11.6. The van der Waals surface area contributed by atoms with Crippen LogP contribution in [0, 0.1) is 0 Å². The third-order valence-corrected chi connectivity index (χ3v) is 5.96. The van der Waals surface area contributed by atoms with Crippen LogP contribution in [0.25, 0.3) is 0 Å². The largest absolute Gasteiger partial charge is 0.506 e. The zero-order valence-electron chi connectivity index (χ0n) is 18.7. The van der Waals surface area contributed by atoms with E-state index >= 15 is 0 Å². The highest BCUT2D eigenvalue weighted by molar-refractivity contribution is 14.0. The first kappa shape index (κ1) is 24.4. The summed E-state index contributed by atoms with van der Waals surface area (Å²) in [4.78, 5) is 21.7. The predicted molar refractivity (Wildman–Crippen MR) is 137 cm³/mol. The molecule has 0 atom stereocenters. The van der Waals surface area contributed by atoms with Gasteiger partial charge < -0.3 is 20.2 Å². The summed E-state index contributed by atoms with van der Waals surface area (Å²) in [6.07, 6.45) is 3.86. The molecule has 1 aromatic heterocycles. The Balaban J connectivity index is 0.00000289. The Labute approximate surface area is 206 Å². The molecule has 0 saturated carbocycles. The van der Waals surface area contributed by atoms with Gasteiger partial charge in [-0.15, -0.1) is 24.0 Å². The molecule has 4 rings (SSSR count). The highest BCUT2D eigenvalue weighted by Crippen LogP contribution is 2.27. The van der Waals surface area contributed by atoms with Crippen LogP contribution >= 0.6 is 24.0 Å². The molecule has 2 aliphatic rings. The molecule has 176 valence electrons. The van der Waals surface area contributed by atoms with Gasteiger partial charge in [0.2, 0.25) is 0 Å². The van der Waals surface area contributed by atoms with Crippen LogP contribution in [0.2, 0.25) is 0 Å². The summed E-state index contributed by atoms with van der Waals surface area (Å²) in [5.74, 6) is 2.17. The topological polar surface area (TPSA) is 90.9 Å². The highest BCUT2D eigenvalue weighted by Gasteiger charge is 2.21. The number of nitrogens with one attached hydrogen (secondary N) is 1. The van der Waals surface area contributed by atoms with Gasteiger partial charge in [0.1, 0.15) is 11.6 Å². The van der Waals surface area contributed by atoms with Crippen molar-refractivity contribution >= 4 is 35.6 Å². The van der Waals surface area contributed by atoms with Crippen LogP contribution in [0.1, 0.15) is 32.0 Å². The lowest BCUT2D eigenvalue weighted by atomic mass is 10.2. The molecule has 32 heavy (non-hydrogen) atoms. The van der Waals surface area contributed by atoms with Gasteiger partial charge >= 0.3 is 5.69 Å². The molecule has 0 radical (unpaired) electrons. The first-order valence-corrected chi connectivity index (χ1v) is 11.4. The van der Waals surface area contributed by atoms with Crippen LogP contribution in [-0.4, -0.2) is 69.6 Å². The number of aryl methyl sites for hydroxylation is 2. The Morgan fingerprint density at radius 2 is 1.94 bits per heavy atom. The predicted octanol–water partition coefficient (Wildman–Crippen LogP) is 1.88. The van der Waals surface area contributed by atoms with Crippen LogP contribution in [0.4, 0.5) is 5.69 Å². The summed E-state index contributed by atoms with van der Waals surface area (Å²) < 4.78 is 3.43. The maximum absolute atomic E-state index is 12.4. The molecule has 10 heteroatoms. The van der Waals surface area contributed by atoms with E-state index in [9.17, 15) is 9.90 Å². The summed E-state index contributed by atoms with van der Waals surface area (Å²) in [6, 6.07) is 7.49. The van der Waals surface area contributed by atoms with Gasteiger partial charge in [-0.3, -0.25) is 9.56 Å². The normalized spacial score (nSPS) is 16.5. The average Bonchev–Trinajstić information content (AvgIpc) is 3.12. The van der Waals surface area contributed by atoms with E-state index in [2.05, 4.69) is 27.1 Å². The van der Waals surface area contributed by atoms with Crippen molar-refractivity contribution in [1.82, 2.24) is 24.6 Å². The van der Waals surface area contributed by atoms with Gasteiger partial charge in [0.05, 0.1) is 5.69 Å². The monoisotopic (exact) mass is 555 g/mol. The maximum atomic E-state index is 12.4. The molecule has 0 bridgehead atoms. The van der Waals surface area contributed by atoms with E-state index in [1.165, 1.54) is 0 Å². The van der Waals surface area contributed by atoms with Crippen LogP contribution in [0.15, 0.2) is 34.1 Å². The third kappa shape index (κ3) is 5.57. The van der Waals surface area contributed by atoms with Crippen molar-refractivity contribution in [2.45, 2.75) is 45.7 Å². The average molecular weight is 555 g/mol. The van der Waals surface area contributed by atoms with Gasteiger partial charge in [-0.05, 0) is 38.3 Å². The van der Waals surface area contributed by atoms with Gasteiger partial charge in [-0.1, -0.05) is 12.1 Å². The summed E-state index contributed by atoms with van der Waals surface area (Å²) in [7, 11) is 0. The van der Waals surface area contributed by atoms with E-state index in [1.807, 2.05) is 22.8 Å². The molecule has 0 spiro atoms. The Morgan fingerprint density at radius 1 is 1.16 bits per heavy atom. The standard InChI is InChI=1S/C22H33N7O2.HI/c1-2-23-21(27-16-14-26(15-17-27)18-8-3-4-9-19(18)30)24-11-7-13-29-22(31)28-12-6-5-10-20(28)25-29;/h3-4,8-9,30H,2,5-7,10-17H2,1H3,(H,23,24);1H. The zero-order chi connectivity index (χ0) is 21.6. The molecular formula is C22H34IN7O2. The number of halogens is 1. The molecule has 2 aliphatic heterocycles. The molecule has 2 N–H and O–H groups in total. The number of phenolic OH excluding ortho intramolecular Hbond substituents is 1. The third-order valence-electron chi connectivity index (χ3n) is 5.96. The number of aromatic nitrogens is 3. The second-order valence-electron chi connectivity index (χ2n) is 8.08. The molecule has 0 amide bonds. The quantitative estimate of drug-likeness (QED) is 0.245. The smallest absolute Gasteiger partial charge is 0.345 e. The van der Waals surface area contributed by atoms with Crippen molar-refractivity contribution in [3.8, 4) is 5.75 Å². The fourth-order valence-electron chi connectivity index (χ4n) is 4.32. The number of fused-ring (bicyclic) bond motifs is 1. The number of aliphatic imine (C=N–C) groups is 1. The minimum atomic E-state index is 0. The number of hydrogen-bond donors (Lipinski definition) is 2. The molecule has 0 unspecified atom stereocenters. The van der Waals surface area contributed by atoms with E-state index < -0.39 is 0 Å². The molecule has 1 fully saturated rings. The Morgan fingerprint density at radius 3 is 2.66 bits per heavy atom. The lowest BCUT2D eigenvalue weighted by Gasteiger charge is -2.37. The molecule has 1 saturated heterocycles. The summed E-state index contributed by atoms with van der Waals surface area (Å²) in [5.41, 5.74) is 0.906. The Hall–Kier alpha value is -2.24. The van der Waals surface area contributed by atoms with Gasteiger partial charge in [0.25, 0.3) is 0 Å². The van der Waals surface area contributed by atoms with Crippen molar-refractivity contribution < 1.29 is 5.11 Å². The highest BCUT2D eigenvalue weighted by atomic mass is 127. The summed E-state index contributed by atoms with van der Waals surface area (Å²) >= 11 is 0. The van der Waals surface area contributed by atoms with Crippen molar-refractivity contribution in [1.29, 1.82) is 0 Å². The molecule has 0 aliphatic carbocycles.